The molecule has 1 aromatic heterocycles. The molecule has 3 N–H and O–H groups in total. The van der Waals surface area contributed by atoms with Gasteiger partial charge in [0.2, 0.25) is 0 Å². The van der Waals surface area contributed by atoms with Gasteiger partial charge in [-0.3, -0.25) is 0 Å². The lowest BCUT2D eigenvalue weighted by atomic mass is 9.79. The molecule has 0 bridgehead atoms. The van der Waals surface area contributed by atoms with E-state index in [2.05, 4.69) is 65.4 Å². The Balaban J connectivity index is 1.95. The van der Waals surface area contributed by atoms with Gasteiger partial charge in [0.1, 0.15) is 5.82 Å². The van der Waals surface area contributed by atoms with Crippen LogP contribution in [0.4, 0.5) is 5.82 Å². The summed E-state index contributed by atoms with van der Waals surface area (Å²) in [6.45, 7) is 13.1. The maximum Gasteiger partial charge on any atom is 0.191 e. The molecule has 1 aliphatic heterocycles. The van der Waals surface area contributed by atoms with Gasteiger partial charge < -0.3 is 25.5 Å². The van der Waals surface area contributed by atoms with Crippen LogP contribution in [0.3, 0.4) is 0 Å². The molecule has 0 atom stereocenters. The smallest absolute Gasteiger partial charge is 0.191 e. The number of aliphatic imine (C=N–C) groups is 1. The van der Waals surface area contributed by atoms with E-state index in [0.717, 1.165) is 75.9 Å². The molecule has 2 heterocycles. The second kappa shape index (κ2) is 12.0. The Morgan fingerprint density at radius 2 is 1.86 bits per heavy atom. The number of piperazine rings is 1. The van der Waals surface area contributed by atoms with E-state index in [1.165, 1.54) is 0 Å². The molecule has 0 unspecified atom stereocenters. The van der Waals surface area contributed by atoms with E-state index < -0.39 is 0 Å². The Bertz CT molecular complexity index is 606. The van der Waals surface area contributed by atoms with Gasteiger partial charge in [-0.05, 0) is 50.3 Å². The van der Waals surface area contributed by atoms with Crippen LogP contribution in [0.25, 0.3) is 0 Å². The molecular formula is C22H40N6O. The summed E-state index contributed by atoms with van der Waals surface area (Å²) in [7, 11) is 2.16. The summed E-state index contributed by atoms with van der Waals surface area (Å²) in [4.78, 5) is 14.1. The minimum absolute atomic E-state index is 0.108. The normalized spacial score (nSPS) is 16.2. The number of pyridine rings is 1. The van der Waals surface area contributed by atoms with Gasteiger partial charge in [0.05, 0.1) is 6.54 Å². The van der Waals surface area contributed by atoms with E-state index in [0.29, 0.717) is 6.54 Å². The second-order valence-corrected chi connectivity index (χ2v) is 8.04. The van der Waals surface area contributed by atoms with Crippen LogP contribution in [0.5, 0.6) is 0 Å². The Kier molecular flexibility index (Phi) is 9.67. The van der Waals surface area contributed by atoms with Crippen LogP contribution in [0.1, 0.15) is 45.6 Å². The van der Waals surface area contributed by atoms with E-state index in [4.69, 9.17) is 4.99 Å². The van der Waals surface area contributed by atoms with E-state index in [1.807, 2.05) is 6.20 Å². The second-order valence-electron chi connectivity index (χ2n) is 8.04. The number of nitrogens with one attached hydrogen (secondary N) is 2. The molecule has 1 aliphatic rings. The molecule has 0 aliphatic carbocycles. The van der Waals surface area contributed by atoms with Gasteiger partial charge in [-0.15, -0.1) is 0 Å². The fourth-order valence-corrected chi connectivity index (χ4v) is 3.70. The fourth-order valence-electron chi connectivity index (χ4n) is 3.70. The van der Waals surface area contributed by atoms with Crippen molar-refractivity contribution in [1.29, 1.82) is 0 Å². The molecule has 164 valence electrons. The first kappa shape index (κ1) is 23.4. The van der Waals surface area contributed by atoms with Crippen LogP contribution < -0.4 is 15.5 Å². The zero-order valence-corrected chi connectivity index (χ0v) is 18.7. The molecule has 1 aromatic rings. The molecule has 29 heavy (non-hydrogen) atoms. The van der Waals surface area contributed by atoms with Crippen LogP contribution in [0.2, 0.25) is 0 Å². The number of nitrogens with zero attached hydrogens (tertiary/aromatic N) is 4. The lowest BCUT2D eigenvalue weighted by Gasteiger charge is -2.33. The number of aromatic nitrogens is 1. The van der Waals surface area contributed by atoms with Crippen LogP contribution in [-0.2, 0) is 6.54 Å². The van der Waals surface area contributed by atoms with Crippen molar-refractivity contribution in [2.75, 3.05) is 57.8 Å². The Morgan fingerprint density at radius 3 is 2.41 bits per heavy atom. The SMILES string of the molecule is CCNC(=NCc1ccc(N2CCN(C)CC2)nc1)NCC(CC)(CC)CCO. The van der Waals surface area contributed by atoms with Crippen LogP contribution in [0.15, 0.2) is 23.3 Å². The Hall–Kier alpha value is -1.86. The van der Waals surface area contributed by atoms with Gasteiger partial charge in [-0.25, -0.2) is 9.98 Å². The number of aliphatic hydroxyl groups is 1. The molecule has 0 aromatic carbocycles. The van der Waals surface area contributed by atoms with Crippen LogP contribution in [-0.4, -0.2) is 73.9 Å². The minimum Gasteiger partial charge on any atom is -0.396 e. The predicted octanol–water partition coefficient (Wildman–Crippen LogP) is 2.08. The quantitative estimate of drug-likeness (QED) is 0.409. The first-order valence-electron chi connectivity index (χ1n) is 11.1. The molecule has 1 saturated heterocycles. The van der Waals surface area contributed by atoms with Gasteiger partial charge in [-0.2, -0.15) is 0 Å². The zero-order chi connectivity index (χ0) is 21.1. The maximum atomic E-state index is 9.43. The summed E-state index contributed by atoms with van der Waals surface area (Å²) >= 11 is 0. The molecule has 1 fully saturated rings. The van der Waals surface area contributed by atoms with E-state index in [1.54, 1.807) is 0 Å². The monoisotopic (exact) mass is 404 g/mol. The predicted molar refractivity (Wildman–Crippen MR) is 121 cm³/mol. The summed E-state index contributed by atoms with van der Waals surface area (Å²) in [5.74, 6) is 1.87. The third-order valence-electron chi connectivity index (χ3n) is 6.17. The summed E-state index contributed by atoms with van der Waals surface area (Å²) in [6.07, 6.45) is 4.82. The number of hydrogen-bond donors (Lipinski definition) is 3. The summed E-state index contributed by atoms with van der Waals surface area (Å²) in [6, 6.07) is 4.23. The first-order chi connectivity index (χ1) is 14.1. The standard InChI is InChI=1S/C22H40N6O/c1-5-22(6-2,10-15-29)18-26-21(23-7-3)25-17-19-8-9-20(24-16-19)28-13-11-27(4)12-14-28/h8-9,16,29H,5-7,10-15,17-18H2,1-4H3,(H2,23,25,26). The van der Waals surface area contributed by atoms with Crippen molar-refractivity contribution in [1.82, 2.24) is 20.5 Å². The summed E-state index contributed by atoms with van der Waals surface area (Å²) < 4.78 is 0. The number of anilines is 1. The van der Waals surface area contributed by atoms with Crippen LogP contribution in [0, 0.1) is 5.41 Å². The minimum atomic E-state index is 0.108. The molecule has 0 radical (unpaired) electrons. The average Bonchev–Trinajstić information content (AvgIpc) is 2.76. The van der Waals surface area contributed by atoms with Crippen molar-refractivity contribution in [2.45, 2.75) is 46.6 Å². The van der Waals surface area contributed by atoms with Crippen molar-refractivity contribution >= 4 is 11.8 Å². The van der Waals surface area contributed by atoms with Gasteiger partial charge in [0.15, 0.2) is 5.96 Å². The van der Waals surface area contributed by atoms with Gasteiger partial charge in [-0.1, -0.05) is 19.9 Å². The number of hydrogen-bond acceptors (Lipinski definition) is 5. The lowest BCUT2D eigenvalue weighted by Crippen LogP contribution is -2.44. The van der Waals surface area contributed by atoms with E-state index in [-0.39, 0.29) is 12.0 Å². The topological polar surface area (TPSA) is 76.0 Å². The number of guanidine groups is 1. The summed E-state index contributed by atoms with van der Waals surface area (Å²) in [5.41, 5.74) is 1.21. The van der Waals surface area contributed by atoms with Crippen molar-refractivity contribution in [3.05, 3.63) is 23.9 Å². The highest BCUT2D eigenvalue weighted by Gasteiger charge is 2.25. The average molecular weight is 405 g/mol. The zero-order valence-electron chi connectivity index (χ0n) is 18.7. The number of likely N-dealkylation sites (N-methyl/N-ethyl adjacent to an activating group) is 1. The maximum absolute atomic E-state index is 9.43. The number of rotatable bonds is 10. The van der Waals surface area contributed by atoms with Crippen molar-refractivity contribution in [3.63, 3.8) is 0 Å². The van der Waals surface area contributed by atoms with Gasteiger partial charge in [0.25, 0.3) is 0 Å². The Morgan fingerprint density at radius 1 is 1.14 bits per heavy atom. The highest BCUT2D eigenvalue weighted by Crippen LogP contribution is 2.29. The molecule has 0 amide bonds. The van der Waals surface area contributed by atoms with Crippen molar-refractivity contribution in [2.24, 2.45) is 10.4 Å². The largest absolute Gasteiger partial charge is 0.396 e. The fraction of sp³-hybridized carbons (Fsp3) is 0.727. The van der Waals surface area contributed by atoms with Crippen molar-refractivity contribution < 1.29 is 5.11 Å². The molecule has 0 spiro atoms. The molecule has 7 nitrogen and oxygen atoms in total. The molecule has 2 rings (SSSR count). The van der Waals surface area contributed by atoms with Crippen molar-refractivity contribution in [3.8, 4) is 0 Å². The number of aliphatic hydroxyl groups excluding tert-OH is 1. The summed E-state index contributed by atoms with van der Waals surface area (Å²) in [5, 5.41) is 16.2. The third kappa shape index (κ3) is 7.16. The highest BCUT2D eigenvalue weighted by molar-refractivity contribution is 5.79. The Labute approximate surface area is 176 Å². The highest BCUT2D eigenvalue weighted by atomic mass is 16.3. The lowest BCUT2D eigenvalue weighted by molar-refractivity contribution is 0.169. The van der Waals surface area contributed by atoms with E-state index >= 15 is 0 Å². The first-order valence-corrected chi connectivity index (χ1v) is 11.1. The van der Waals surface area contributed by atoms with E-state index in [9.17, 15) is 5.11 Å². The molecule has 7 heteroatoms. The third-order valence-corrected chi connectivity index (χ3v) is 6.17. The van der Waals surface area contributed by atoms with Gasteiger partial charge >= 0.3 is 0 Å². The molecule has 0 saturated carbocycles. The van der Waals surface area contributed by atoms with Gasteiger partial charge in [0, 0.05) is 52.1 Å². The van der Waals surface area contributed by atoms with Crippen LogP contribution >= 0.6 is 0 Å². The molecular weight excluding hydrogens is 364 g/mol.